The van der Waals surface area contributed by atoms with Crippen LogP contribution in [0.1, 0.15) is 87.0 Å². The summed E-state index contributed by atoms with van der Waals surface area (Å²) in [6.45, 7) is 18.4. The maximum Gasteiger partial charge on any atom is 0.225 e. The SMILES string of the molecule is C=C(O)C(C/C(C)=C/C)N=C(N)C(C)C(OC)C1CCCN1C(=O)CC(OC)C(C(C)CC)N(C)C(=O)CC(C)C. The van der Waals surface area contributed by atoms with Crippen molar-refractivity contribution in [3.63, 3.8) is 0 Å². The van der Waals surface area contributed by atoms with Gasteiger partial charge in [-0.3, -0.25) is 14.6 Å². The normalized spacial score (nSPS) is 20.9. The van der Waals surface area contributed by atoms with E-state index in [1.165, 1.54) is 0 Å². The van der Waals surface area contributed by atoms with Gasteiger partial charge < -0.3 is 30.1 Å². The average Bonchev–Trinajstić information content (AvgIpc) is 3.41. The summed E-state index contributed by atoms with van der Waals surface area (Å²) in [5.74, 6) is 0.479. The highest BCUT2D eigenvalue weighted by Gasteiger charge is 2.41. The van der Waals surface area contributed by atoms with E-state index in [9.17, 15) is 14.7 Å². The van der Waals surface area contributed by atoms with E-state index in [0.29, 0.717) is 25.2 Å². The van der Waals surface area contributed by atoms with Crippen LogP contribution in [0, 0.1) is 17.8 Å². The number of likely N-dealkylation sites (tertiary alicyclic amines) is 1. The van der Waals surface area contributed by atoms with Gasteiger partial charge in [0.25, 0.3) is 0 Å². The summed E-state index contributed by atoms with van der Waals surface area (Å²) in [7, 11) is 5.08. The number of nitrogens with two attached hydrogens (primary N) is 1. The molecule has 0 radical (unpaired) electrons. The molecule has 0 aromatic carbocycles. The molecule has 1 aliphatic heterocycles. The van der Waals surface area contributed by atoms with Gasteiger partial charge in [-0.05, 0) is 44.9 Å². The fraction of sp³-hybridized carbons (Fsp3) is 0.781. The number of likely N-dealkylation sites (N-methyl/N-ethyl adjacent to an activating group) is 1. The second kappa shape index (κ2) is 17.5. The van der Waals surface area contributed by atoms with E-state index in [4.69, 9.17) is 15.2 Å². The highest BCUT2D eigenvalue weighted by Crippen LogP contribution is 2.30. The van der Waals surface area contributed by atoms with Gasteiger partial charge in [0.05, 0.1) is 30.7 Å². The maximum absolute atomic E-state index is 13.8. The van der Waals surface area contributed by atoms with Crippen molar-refractivity contribution in [2.24, 2.45) is 28.5 Å². The first-order chi connectivity index (χ1) is 19.2. The summed E-state index contributed by atoms with van der Waals surface area (Å²) < 4.78 is 11.9. The fourth-order valence-corrected chi connectivity index (χ4v) is 5.80. The van der Waals surface area contributed by atoms with Gasteiger partial charge in [-0.2, -0.15) is 0 Å². The standard InChI is InChI=1S/C32H58N4O5/c1-12-21(5)18-25(24(8)37)34-32(33)23(7)31(41-11)26-15-14-16-36(26)29(39)19-27(40-10)30(22(6)13-2)35(9)28(38)17-20(3)4/h12,20,22-23,25-27,30-31,37H,8,13-19H2,1-7,9-11H3,(H2,33,34)/b21-12+. The van der Waals surface area contributed by atoms with Crippen molar-refractivity contribution in [2.45, 2.75) is 117 Å². The Morgan fingerprint density at radius 3 is 2.29 bits per heavy atom. The number of ether oxygens (including phenoxy) is 2. The van der Waals surface area contributed by atoms with Crippen LogP contribution in [0.4, 0.5) is 0 Å². The molecule has 9 heteroatoms. The topological polar surface area (TPSA) is 118 Å². The summed E-state index contributed by atoms with van der Waals surface area (Å²) in [6, 6.07) is -0.933. The van der Waals surface area contributed by atoms with Gasteiger partial charge in [0.1, 0.15) is 17.6 Å². The molecule has 7 atom stereocenters. The number of aliphatic hydroxyl groups excluding tert-OH is 1. The number of amidine groups is 1. The lowest BCUT2D eigenvalue weighted by molar-refractivity contribution is -0.144. The molecule has 1 rings (SSSR count). The molecule has 0 saturated carbocycles. The summed E-state index contributed by atoms with van der Waals surface area (Å²) in [5, 5.41) is 10.1. The van der Waals surface area contributed by atoms with E-state index >= 15 is 0 Å². The Kier molecular flexibility index (Phi) is 15.7. The monoisotopic (exact) mass is 578 g/mol. The first kappa shape index (κ1) is 36.6. The largest absolute Gasteiger partial charge is 0.511 e. The number of methoxy groups -OCH3 is 2. The van der Waals surface area contributed by atoms with Crippen LogP contribution in [0.3, 0.4) is 0 Å². The van der Waals surface area contributed by atoms with Gasteiger partial charge in [0.2, 0.25) is 11.8 Å². The molecule has 1 heterocycles. The number of rotatable bonds is 17. The molecule has 236 valence electrons. The highest BCUT2D eigenvalue weighted by molar-refractivity contribution is 5.84. The molecule has 2 amide bonds. The maximum atomic E-state index is 13.8. The zero-order valence-corrected chi connectivity index (χ0v) is 27.4. The van der Waals surface area contributed by atoms with E-state index in [2.05, 4.69) is 25.4 Å². The Hall–Kier alpha value is -2.39. The second-order valence-corrected chi connectivity index (χ2v) is 12.1. The van der Waals surface area contributed by atoms with Crippen LogP contribution >= 0.6 is 0 Å². The predicted octanol–water partition coefficient (Wildman–Crippen LogP) is 5.11. The molecule has 41 heavy (non-hydrogen) atoms. The molecule has 0 aromatic heterocycles. The lowest BCUT2D eigenvalue weighted by Crippen LogP contribution is -2.53. The van der Waals surface area contributed by atoms with Crippen molar-refractivity contribution >= 4 is 17.6 Å². The van der Waals surface area contributed by atoms with Gasteiger partial charge in [-0.1, -0.05) is 59.3 Å². The summed E-state index contributed by atoms with van der Waals surface area (Å²) in [5.41, 5.74) is 7.54. The number of aliphatic imine (C=N–C) groups is 1. The van der Waals surface area contributed by atoms with Crippen LogP contribution in [0.2, 0.25) is 0 Å². The number of aliphatic hydroxyl groups is 1. The number of hydrogen-bond donors (Lipinski definition) is 2. The van der Waals surface area contributed by atoms with Crippen molar-refractivity contribution in [1.82, 2.24) is 9.80 Å². The summed E-state index contributed by atoms with van der Waals surface area (Å²) in [6.07, 6.45) is 4.82. The van der Waals surface area contributed by atoms with Gasteiger partial charge in [0, 0.05) is 40.2 Å². The Bertz CT molecular complexity index is 918. The molecule has 1 aliphatic rings. The lowest BCUT2D eigenvalue weighted by Gasteiger charge is -2.39. The number of carbonyl (C=O) groups is 2. The molecule has 0 aromatic rings. The van der Waals surface area contributed by atoms with Gasteiger partial charge in [-0.15, -0.1) is 0 Å². The van der Waals surface area contributed by atoms with Crippen molar-refractivity contribution in [3.05, 3.63) is 24.0 Å². The van der Waals surface area contributed by atoms with Gasteiger partial charge in [-0.25, -0.2) is 0 Å². The first-order valence-corrected chi connectivity index (χ1v) is 15.2. The third kappa shape index (κ3) is 10.4. The number of nitrogens with zero attached hydrogens (tertiary/aromatic N) is 3. The molecule has 0 spiro atoms. The number of allylic oxidation sites excluding steroid dienone is 1. The molecule has 3 N–H and O–H groups in total. The van der Waals surface area contributed by atoms with Gasteiger partial charge in [0.15, 0.2) is 0 Å². The molecule has 0 aliphatic carbocycles. The first-order valence-electron chi connectivity index (χ1n) is 15.2. The molecule has 0 bridgehead atoms. The third-order valence-electron chi connectivity index (χ3n) is 8.64. The Morgan fingerprint density at radius 1 is 1.17 bits per heavy atom. The van der Waals surface area contributed by atoms with E-state index < -0.39 is 12.1 Å². The average molecular weight is 579 g/mol. The predicted molar refractivity (Wildman–Crippen MR) is 167 cm³/mol. The van der Waals surface area contributed by atoms with Gasteiger partial charge >= 0.3 is 0 Å². The minimum Gasteiger partial charge on any atom is -0.511 e. The smallest absolute Gasteiger partial charge is 0.225 e. The van der Waals surface area contributed by atoms with Crippen molar-refractivity contribution in [3.8, 4) is 0 Å². The Morgan fingerprint density at radius 2 is 1.80 bits per heavy atom. The molecular formula is C32H58N4O5. The summed E-state index contributed by atoms with van der Waals surface area (Å²) in [4.78, 5) is 35.1. The van der Waals surface area contributed by atoms with Crippen LogP contribution in [-0.2, 0) is 19.1 Å². The van der Waals surface area contributed by atoms with Crippen LogP contribution < -0.4 is 5.73 Å². The molecular weight excluding hydrogens is 520 g/mol. The quantitative estimate of drug-likeness (QED) is 0.107. The number of carbonyl (C=O) groups excluding carboxylic acids is 2. The minimum atomic E-state index is -0.539. The van der Waals surface area contributed by atoms with Crippen molar-refractivity contribution in [1.29, 1.82) is 0 Å². The van der Waals surface area contributed by atoms with Crippen LogP contribution in [0.25, 0.3) is 0 Å². The van der Waals surface area contributed by atoms with E-state index in [1.54, 1.807) is 19.1 Å². The lowest BCUT2D eigenvalue weighted by atomic mass is 9.90. The Balaban J connectivity index is 3.18. The fourth-order valence-electron chi connectivity index (χ4n) is 5.80. The zero-order valence-electron chi connectivity index (χ0n) is 27.4. The summed E-state index contributed by atoms with van der Waals surface area (Å²) >= 11 is 0. The highest BCUT2D eigenvalue weighted by atomic mass is 16.5. The van der Waals surface area contributed by atoms with Crippen molar-refractivity contribution in [2.75, 3.05) is 27.8 Å². The van der Waals surface area contributed by atoms with Crippen LogP contribution in [0.5, 0.6) is 0 Å². The second-order valence-electron chi connectivity index (χ2n) is 12.1. The zero-order chi connectivity index (χ0) is 31.4. The minimum absolute atomic E-state index is 0.0209. The Labute approximate surface area is 249 Å². The van der Waals surface area contributed by atoms with Crippen LogP contribution in [0.15, 0.2) is 29.0 Å². The van der Waals surface area contributed by atoms with E-state index in [0.717, 1.165) is 24.8 Å². The number of hydrogen-bond acceptors (Lipinski definition) is 6. The molecule has 1 fully saturated rings. The van der Waals surface area contributed by atoms with Crippen LogP contribution in [-0.4, -0.2) is 90.7 Å². The van der Waals surface area contributed by atoms with E-state index in [1.807, 2.05) is 52.6 Å². The number of amides is 2. The molecule has 1 saturated heterocycles. The van der Waals surface area contributed by atoms with Crippen molar-refractivity contribution < 1.29 is 24.2 Å². The third-order valence-corrected chi connectivity index (χ3v) is 8.64. The molecule has 7 unspecified atom stereocenters. The molecule has 9 nitrogen and oxygen atoms in total. The van der Waals surface area contributed by atoms with E-state index in [-0.39, 0.29) is 59.9 Å².